The van der Waals surface area contributed by atoms with Gasteiger partial charge in [-0.05, 0) is 42.3 Å². The zero-order chi connectivity index (χ0) is 20.8. The molecule has 30 heavy (non-hydrogen) atoms. The number of benzene rings is 3. The van der Waals surface area contributed by atoms with E-state index < -0.39 is 6.04 Å². The van der Waals surface area contributed by atoms with Gasteiger partial charge in [-0.25, -0.2) is 4.98 Å². The Hall–Kier alpha value is -3.38. The van der Waals surface area contributed by atoms with Crippen LogP contribution in [0.3, 0.4) is 0 Å². The molecular formula is C24H22N4OS. The van der Waals surface area contributed by atoms with Crippen molar-refractivity contribution >= 4 is 17.7 Å². The fourth-order valence-electron chi connectivity index (χ4n) is 3.09. The van der Waals surface area contributed by atoms with Crippen LogP contribution >= 0.6 is 11.8 Å². The van der Waals surface area contributed by atoms with Crippen LogP contribution in [0.5, 0.6) is 0 Å². The normalized spacial score (nSPS) is 11.8. The first kappa shape index (κ1) is 19.9. The van der Waals surface area contributed by atoms with Crippen molar-refractivity contribution in [2.45, 2.75) is 23.6 Å². The Morgan fingerprint density at radius 1 is 0.967 bits per heavy atom. The smallest absolute Gasteiger partial charge is 0.252 e. The van der Waals surface area contributed by atoms with Crippen molar-refractivity contribution in [2.24, 2.45) is 0 Å². The van der Waals surface area contributed by atoms with Gasteiger partial charge in [0, 0.05) is 16.2 Å². The maximum atomic E-state index is 12.9. The lowest BCUT2D eigenvalue weighted by Crippen LogP contribution is -2.30. The number of hydrogen-bond donors (Lipinski definition) is 2. The SMILES string of the molecule is Cc1nc(C(NC(=O)c2ccc(SCc3ccccc3)cc2)c2ccccc2)n[nH]1. The summed E-state index contributed by atoms with van der Waals surface area (Å²) < 4.78 is 0. The van der Waals surface area contributed by atoms with Crippen LogP contribution in [-0.2, 0) is 5.75 Å². The molecule has 1 atom stereocenters. The van der Waals surface area contributed by atoms with E-state index in [2.05, 4.69) is 32.6 Å². The zero-order valence-corrected chi connectivity index (χ0v) is 17.4. The van der Waals surface area contributed by atoms with E-state index in [9.17, 15) is 4.79 Å². The van der Waals surface area contributed by atoms with Crippen LogP contribution in [0.15, 0.2) is 89.8 Å². The molecular weight excluding hydrogens is 392 g/mol. The van der Waals surface area contributed by atoms with Gasteiger partial charge < -0.3 is 5.32 Å². The largest absolute Gasteiger partial charge is 0.338 e. The summed E-state index contributed by atoms with van der Waals surface area (Å²) in [7, 11) is 0. The van der Waals surface area contributed by atoms with Crippen LogP contribution in [0.2, 0.25) is 0 Å². The number of nitrogens with zero attached hydrogens (tertiary/aromatic N) is 2. The third-order valence-electron chi connectivity index (χ3n) is 4.65. The Labute approximate surface area is 180 Å². The summed E-state index contributed by atoms with van der Waals surface area (Å²) in [5.41, 5.74) is 2.81. The van der Waals surface area contributed by atoms with Gasteiger partial charge in [0.1, 0.15) is 11.9 Å². The lowest BCUT2D eigenvalue weighted by Gasteiger charge is -2.16. The molecule has 1 heterocycles. The first-order valence-corrected chi connectivity index (χ1v) is 10.7. The summed E-state index contributed by atoms with van der Waals surface area (Å²) >= 11 is 1.75. The highest BCUT2D eigenvalue weighted by Crippen LogP contribution is 2.24. The Balaban J connectivity index is 1.46. The molecule has 4 aromatic rings. The molecule has 0 aliphatic heterocycles. The molecule has 0 saturated heterocycles. The maximum Gasteiger partial charge on any atom is 0.252 e. The Morgan fingerprint density at radius 2 is 1.63 bits per heavy atom. The summed E-state index contributed by atoms with van der Waals surface area (Å²) in [5, 5.41) is 10.2. The zero-order valence-electron chi connectivity index (χ0n) is 16.6. The van der Waals surface area contributed by atoms with Crippen LogP contribution in [0, 0.1) is 6.92 Å². The molecule has 4 rings (SSSR count). The molecule has 0 aliphatic rings. The van der Waals surface area contributed by atoms with Crippen LogP contribution in [0.1, 0.15) is 39.2 Å². The van der Waals surface area contributed by atoms with Gasteiger partial charge in [-0.1, -0.05) is 60.7 Å². The summed E-state index contributed by atoms with van der Waals surface area (Å²) in [6.45, 7) is 1.84. The second-order valence-corrected chi connectivity index (χ2v) is 7.94. The average molecular weight is 415 g/mol. The molecule has 1 unspecified atom stereocenters. The van der Waals surface area contributed by atoms with Crippen LogP contribution in [-0.4, -0.2) is 21.1 Å². The lowest BCUT2D eigenvalue weighted by molar-refractivity contribution is 0.0941. The number of rotatable bonds is 7. The minimum atomic E-state index is -0.421. The quantitative estimate of drug-likeness (QED) is 0.421. The van der Waals surface area contributed by atoms with Gasteiger partial charge in [-0.3, -0.25) is 9.89 Å². The summed E-state index contributed by atoms with van der Waals surface area (Å²) in [6.07, 6.45) is 0. The minimum absolute atomic E-state index is 0.161. The highest BCUT2D eigenvalue weighted by Gasteiger charge is 2.21. The number of amides is 1. The van der Waals surface area contributed by atoms with Crippen LogP contribution < -0.4 is 5.32 Å². The molecule has 0 spiro atoms. The first-order valence-electron chi connectivity index (χ1n) is 9.70. The maximum absolute atomic E-state index is 12.9. The number of H-pyrrole nitrogens is 1. The number of aromatic nitrogens is 3. The summed E-state index contributed by atoms with van der Waals surface area (Å²) in [5.74, 6) is 1.99. The second-order valence-electron chi connectivity index (χ2n) is 6.89. The van der Waals surface area contributed by atoms with E-state index in [0.29, 0.717) is 17.2 Å². The van der Waals surface area contributed by atoms with Crippen molar-refractivity contribution in [3.63, 3.8) is 0 Å². The second kappa shape index (κ2) is 9.41. The third-order valence-corrected chi connectivity index (χ3v) is 5.73. The van der Waals surface area contributed by atoms with Gasteiger partial charge in [0.25, 0.3) is 5.91 Å². The van der Waals surface area contributed by atoms with Crippen LogP contribution in [0.4, 0.5) is 0 Å². The van der Waals surface area contributed by atoms with Gasteiger partial charge in [-0.2, -0.15) is 5.10 Å². The molecule has 150 valence electrons. The molecule has 3 aromatic carbocycles. The Morgan fingerprint density at radius 3 is 2.27 bits per heavy atom. The first-order chi connectivity index (χ1) is 14.7. The van der Waals surface area contributed by atoms with Crippen molar-refractivity contribution in [3.8, 4) is 0 Å². The highest BCUT2D eigenvalue weighted by atomic mass is 32.2. The van der Waals surface area contributed by atoms with Gasteiger partial charge in [-0.15, -0.1) is 11.8 Å². The number of aryl methyl sites for hydroxylation is 1. The van der Waals surface area contributed by atoms with E-state index in [1.54, 1.807) is 11.8 Å². The standard InChI is InChI=1S/C24H22N4OS/c1-17-25-23(28-27-17)22(19-10-6-3-7-11-19)26-24(29)20-12-14-21(15-13-20)30-16-18-8-4-2-5-9-18/h2-15,22H,16H2,1H3,(H,26,29)(H,25,27,28). The molecule has 0 bridgehead atoms. The van der Waals surface area contributed by atoms with E-state index in [1.165, 1.54) is 5.56 Å². The molecule has 0 radical (unpaired) electrons. The number of hydrogen-bond acceptors (Lipinski definition) is 4. The van der Waals surface area contributed by atoms with Gasteiger partial charge in [0.05, 0.1) is 0 Å². The topological polar surface area (TPSA) is 70.7 Å². The third kappa shape index (κ3) is 4.96. The van der Waals surface area contributed by atoms with Gasteiger partial charge in [0.2, 0.25) is 0 Å². The van der Waals surface area contributed by atoms with E-state index in [1.807, 2.05) is 79.7 Å². The summed E-state index contributed by atoms with van der Waals surface area (Å²) in [6, 6.07) is 27.3. The molecule has 0 saturated carbocycles. The number of carbonyl (C=O) groups excluding carboxylic acids is 1. The molecule has 5 nitrogen and oxygen atoms in total. The van der Waals surface area contributed by atoms with E-state index in [-0.39, 0.29) is 5.91 Å². The fraction of sp³-hybridized carbons (Fsp3) is 0.125. The van der Waals surface area contributed by atoms with Crippen molar-refractivity contribution in [2.75, 3.05) is 0 Å². The van der Waals surface area contributed by atoms with Crippen molar-refractivity contribution < 1.29 is 4.79 Å². The number of aromatic amines is 1. The number of carbonyl (C=O) groups is 1. The van der Waals surface area contributed by atoms with Crippen molar-refractivity contribution in [1.29, 1.82) is 0 Å². The molecule has 1 amide bonds. The monoisotopic (exact) mass is 414 g/mol. The molecule has 0 fully saturated rings. The van der Waals surface area contributed by atoms with E-state index >= 15 is 0 Å². The highest BCUT2D eigenvalue weighted by molar-refractivity contribution is 7.98. The molecule has 1 aromatic heterocycles. The number of nitrogens with one attached hydrogen (secondary N) is 2. The van der Waals surface area contributed by atoms with E-state index in [4.69, 9.17) is 0 Å². The molecule has 2 N–H and O–H groups in total. The van der Waals surface area contributed by atoms with Gasteiger partial charge >= 0.3 is 0 Å². The molecule has 6 heteroatoms. The van der Waals surface area contributed by atoms with Gasteiger partial charge in [0.15, 0.2) is 5.82 Å². The predicted molar refractivity (Wildman–Crippen MR) is 119 cm³/mol. The van der Waals surface area contributed by atoms with E-state index in [0.717, 1.165) is 16.2 Å². The molecule has 0 aliphatic carbocycles. The minimum Gasteiger partial charge on any atom is -0.338 e. The lowest BCUT2D eigenvalue weighted by atomic mass is 10.1. The number of thioether (sulfide) groups is 1. The van der Waals surface area contributed by atoms with Crippen molar-refractivity contribution in [1.82, 2.24) is 20.5 Å². The summed E-state index contributed by atoms with van der Waals surface area (Å²) in [4.78, 5) is 18.5. The predicted octanol–water partition coefficient (Wildman–Crippen LogP) is 4.92. The van der Waals surface area contributed by atoms with Crippen molar-refractivity contribution in [3.05, 3.63) is 113 Å². The van der Waals surface area contributed by atoms with Crippen LogP contribution in [0.25, 0.3) is 0 Å². The Kier molecular flexibility index (Phi) is 6.25. The Bertz CT molecular complexity index is 1100. The average Bonchev–Trinajstić information content (AvgIpc) is 3.23. The fourth-order valence-corrected chi connectivity index (χ4v) is 3.94.